The Labute approximate surface area is 185 Å². The van der Waals surface area contributed by atoms with E-state index >= 15 is 0 Å². The molecule has 0 radical (unpaired) electrons. The lowest BCUT2D eigenvalue weighted by molar-refractivity contribution is 0.703. The molecule has 2 aromatic carbocycles. The van der Waals surface area contributed by atoms with Gasteiger partial charge in [0, 0.05) is 25.2 Å². The summed E-state index contributed by atoms with van der Waals surface area (Å²) in [5, 5.41) is 0. The molecule has 6 nitrogen and oxygen atoms in total. The van der Waals surface area contributed by atoms with E-state index in [4.69, 9.17) is 0 Å². The zero-order valence-electron chi connectivity index (χ0n) is 18.2. The zero-order chi connectivity index (χ0) is 22.8. The lowest BCUT2D eigenvalue weighted by Gasteiger charge is -2.07. The molecule has 0 amide bonds. The van der Waals surface area contributed by atoms with Crippen LogP contribution >= 0.6 is 0 Å². The van der Waals surface area contributed by atoms with Crippen LogP contribution in [0.4, 0.5) is 0 Å². The summed E-state index contributed by atoms with van der Waals surface area (Å²) < 4.78 is 2.30. The van der Waals surface area contributed by atoms with Gasteiger partial charge in [0.25, 0.3) is 5.56 Å². The van der Waals surface area contributed by atoms with Crippen LogP contribution in [-0.4, -0.2) is 19.1 Å². The molecule has 4 rings (SSSR count). The molecule has 0 spiro atoms. The predicted octanol–water partition coefficient (Wildman–Crippen LogP) is 2.44. The van der Waals surface area contributed by atoms with E-state index < -0.39 is 11.2 Å². The van der Waals surface area contributed by atoms with Crippen molar-refractivity contribution in [2.45, 2.75) is 13.8 Å². The molecule has 0 bridgehead atoms. The number of benzene rings is 2. The monoisotopic (exact) mass is 420 g/mol. The highest BCUT2D eigenvalue weighted by atomic mass is 16.2. The molecule has 156 valence electrons. The molecule has 0 saturated carbocycles. The molecule has 6 heteroatoms. The van der Waals surface area contributed by atoms with Crippen molar-refractivity contribution in [1.29, 1.82) is 0 Å². The van der Waals surface area contributed by atoms with Gasteiger partial charge in [-0.25, -0.2) is 14.8 Å². The fraction of sp³-hybridized carbons (Fsp3) is 0.154. The summed E-state index contributed by atoms with van der Waals surface area (Å²) in [7, 11) is 2.96. The van der Waals surface area contributed by atoms with E-state index in [2.05, 4.69) is 33.6 Å². The van der Waals surface area contributed by atoms with E-state index in [1.807, 2.05) is 62.4 Å². The first kappa shape index (κ1) is 20.8. The van der Waals surface area contributed by atoms with Gasteiger partial charge in [0.05, 0.1) is 0 Å². The number of aromatic nitrogens is 4. The van der Waals surface area contributed by atoms with E-state index in [1.54, 1.807) is 7.05 Å². The fourth-order valence-electron chi connectivity index (χ4n) is 3.08. The standard InChI is InChI=1S/C26H20N4O2/c1-17-5-9-19(10-6-17)13-15-21-22(16-14-20-11-7-18(2)8-12-20)28-24-23(27-21)25(31)30(4)26(32)29(24)3/h5-12H,1-4H3. The van der Waals surface area contributed by atoms with Crippen LogP contribution in [0, 0.1) is 37.5 Å². The second kappa shape index (κ2) is 8.37. The SMILES string of the molecule is Cc1ccc(C#Cc2nc3c(=O)n(C)c(=O)n(C)c3nc2C#Cc2ccc(C)cc2)cc1. The average Bonchev–Trinajstić information content (AvgIpc) is 2.80. The van der Waals surface area contributed by atoms with Gasteiger partial charge in [-0.15, -0.1) is 0 Å². The highest BCUT2D eigenvalue weighted by Gasteiger charge is 2.14. The van der Waals surface area contributed by atoms with Crippen molar-refractivity contribution in [3.05, 3.63) is 103 Å². The smallest absolute Gasteiger partial charge is 0.279 e. The average molecular weight is 420 g/mol. The zero-order valence-corrected chi connectivity index (χ0v) is 18.2. The molecule has 2 aromatic heterocycles. The highest BCUT2D eigenvalue weighted by molar-refractivity contribution is 5.71. The van der Waals surface area contributed by atoms with Crippen LogP contribution in [0.2, 0.25) is 0 Å². The van der Waals surface area contributed by atoms with Crippen LogP contribution in [0.5, 0.6) is 0 Å². The summed E-state index contributed by atoms with van der Waals surface area (Å²) in [5.41, 5.74) is 3.73. The summed E-state index contributed by atoms with van der Waals surface area (Å²) in [6.45, 7) is 4.01. The van der Waals surface area contributed by atoms with Crippen molar-refractivity contribution in [2.24, 2.45) is 14.1 Å². The molecule has 32 heavy (non-hydrogen) atoms. The van der Waals surface area contributed by atoms with E-state index in [-0.39, 0.29) is 16.9 Å². The van der Waals surface area contributed by atoms with Crippen molar-refractivity contribution in [1.82, 2.24) is 19.1 Å². The molecule has 0 unspecified atom stereocenters. The van der Waals surface area contributed by atoms with Crippen LogP contribution in [0.1, 0.15) is 33.6 Å². The van der Waals surface area contributed by atoms with Crippen molar-refractivity contribution in [3.63, 3.8) is 0 Å². The van der Waals surface area contributed by atoms with Gasteiger partial charge in [0.2, 0.25) is 0 Å². The van der Waals surface area contributed by atoms with Gasteiger partial charge < -0.3 is 0 Å². The van der Waals surface area contributed by atoms with Crippen molar-refractivity contribution in [2.75, 3.05) is 0 Å². The minimum absolute atomic E-state index is 0.0729. The molecule has 0 saturated heterocycles. The van der Waals surface area contributed by atoms with Gasteiger partial charge in [0.15, 0.2) is 11.2 Å². The molecule has 0 fully saturated rings. The van der Waals surface area contributed by atoms with E-state index in [9.17, 15) is 9.59 Å². The fourth-order valence-corrected chi connectivity index (χ4v) is 3.08. The normalized spacial score (nSPS) is 10.2. The molecule has 2 heterocycles. The molecule has 0 aliphatic carbocycles. The molecular weight excluding hydrogens is 400 g/mol. The third-order valence-corrected chi connectivity index (χ3v) is 5.03. The van der Waals surface area contributed by atoms with Crippen LogP contribution in [-0.2, 0) is 14.1 Å². The number of hydrogen-bond acceptors (Lipinski definition) is 4. The first-order valence-electron chi connectivity index (χ1n) is 9.98. The van der Waals surface area contributed by atoms with E-state index in [0.29, 0.717) is 5.69 Å². The number of fused-ring (bicyclic) bond motifs is 1. The Morgan fingerprint density at radius 1 is 0.656 bits per heavy atom. The Bertz CT molecular complexity index is 1590. The van der Waals surface area contributed by atoms with Crippen molar-refractivity contribution in [3.8, 4) is 23.7 Å². The lowest BCUT2D eigenvalue weighted by Crippen LogP contribution is -2.38. The molecule has 0 N–H and O–H groups in total. The van der Waals surface area contributed by atoms with Crippen molar-refractivity contribution < 1.29 is 0 Å². The summed E-state index contributed by atoms with van der Waals surface area (Å²) in [6.07, 6.45) is 0. The van der Waals surface area contributed by atoms with Gasteiger partial charge in [-0.05, 0) is 50.0 Å². The van der Waals surface area contributed by atoms with Crippen LogP contribution in [0.3, 0.4) is 0 Å². The Hall–Kier alpha value is -4.42. The number of aryl methyl sites for hydroxylation is 3. The molecule has 0 aliphatic rings. The number of hydrogen-bond donors (Lipinski definition) is 0. The van der Waals surface area contributed by atoms with Gasteiger partial charge in [0.1, 0.15) is 11.4 Å². The quantitative estimate of drug-likeness (QED) is 0.410. The van der Waals surface area contributed by atoms with Gasteiger partial charge in [-0.2, -0.15) is 0 Å². The molecule has 0 atom stereocenters. The maximum Gasteiger partial charge on any atom is 0.332 e. The number of nitrogens with zero attached hydrogens (tertiary/aromatic N) is 4. The maximum atomic E-state index is 12.7. The molecule has 0 aliphatic heterocycles. The minimum atomic E-state index is -0.521. The van der Waals surface area contributed by atoms with Crippen LogP contribution in [0.15, 0.2) is 58.1 Å². The third kappa shape index (κ3) is 4.08. The lowest BCUT2D eigenvalue weighted by atomic mass is 10.1. The second-order valence-electron chi connectivity index (χ2n) is 7.53. The van der Waals surface area contributed by atoms with Gasteiger partial charge in [-0.1, -0.05) is 47.2 Å². The Morgan fingerprint density at radius 2 is 1.12 bits per heavy atom. The van der Waals surface area contributed by atoms with Crippen LogP contribution < -0.4 is 11.2 Å². The summed E-state index contributed by atoms with van der Waals surface area (Å²) in [4.78, 5) is 34.0. The second-order valence-corrected chi connectivity index (χ2v) is 7.53. The minimum Gasteiger partial charge on any atom is -0.279 e. The molecule has 4 aromatic rings. The third-order valence-electron chi connectivity index (χ3n) is 5.03. The Balaban J connectivity index is 1.94. The van der Waals surface area contributed by atoms with E-state index in [0.717, 1.165) is 26.8 Å². The largest absolute Gasteiger partial charge is 0.332 e. The Morgan fingerprint density at radius 3 is 1.62 bits per heavy atom. The van der Waals surface area contributed by atoms with Crippen molar-refractivity contribution >= 4 is 11.2 Å². The first-order valence-corrected chi connectivity index (χ1v) is 9.98. The predicted molar refractivity (Wildman–Crippen MR) is 124 cm³/mol. The summed E-state index contributed by atoms with van der Waals surface area (Å²) in [6, 6.07) is 15.6. The van der Waals surface area contributed by atoms with Crippen LogP contribution in [0.25, 0.3) is 11.2 Å². The van der Waals surface area contributed by atoms with Gasteiger partial charge >= 0.3 is 5.69 Å². The number of rotatable bonds is 0. The van der Waals surface area contributed by atoms with E-state index in [1.165, 1.54) is 11.6 Å². The first-order chi connectivity index (χ1) is 15.3. The summed E-state index contributed by atoms with van der Waals surface area (Å²) in [5.74, 6) is 12.2. The topological polar surface area (TPSA) is 69.8 Å². The Kier molecular flexibility index (Phi) is 5.45. The van der Waals surface area contributed by atoms with Gasteiger partial charge in [-0.3, -0.25) is 13.9 Å². The molecular formula is C26H20N4O2. The maximum absolute atomic E-state index is 12.7. The summed E-state index contributed by atoms with van der Waals surface area (Å²) >= 11 is 0. The highest BCUT2D eigenvalue weighted by Crippen LogP contribution is 2.09.